The Hall–Kier alpha value is -0.120. The van der Waals surface area contributed by atoms with E-state index in [9.17, 15) is 0 Å². The minimum absolute atomic E-state index is 0.689. The van der Waals surface area contributed by atoms with E-state index < -0.39 is 0 Å². The molecule has 0 aromatic carbocycles. The van der Waals surface area contributed by atoms with Crippen LogP contribution in [0.15, 0.2) is 0 Å². The molecule has 1 saturated carbocycles. The first-order valence-corrected chi connectivity index (χ1v) is 8.82. The Kier molecular flexibility index (Phi) is 6.31. The molecule has 3 heteroatoms. The van der Waals surface area contributed by atoms with Crippen molar-refractivity contribution in [1.82, 2.24) is 15.1 Å². The van der Waals surface area contributed by atoms with Gasteiger partial charge in [-0.1, -0.05) is 26.2 Å². The van der Waals surface area contributed by atoms with Crippen molar-refractivity contribution in [2.24, 2.45) is 0 Å². The number of likely N-dealkylation sites (N-methyl/N-ethyl adjacent to an activating group) is 1. The van der Waals surface area contributed by atoms with Crippen LogP contribution >= 0.6 is 0 Å². The quantitative estimate of drug-likeness (QED) is 0.799. The Morgan fingerprint density at radius 3 is 2.30 bits per heavy atom. The van der Waals surface area contributed by atoms with Gasteiger partial charge in [-0.25, -0.2) is 0 Å². The van der Waals surface area contributed by atoms with E-state index in [0.29, 0.717) is 12.1 Å². The monoisotopic (exact) mass is 281 g/mol. The molecule has 1 aliphatic carbocycles. The SMILES string of the molecule is CCCNC1CCCCCC1N1CC(C)N(C)C(C)C1. The highest BCUT2D eigenvalue weighted by Gasteiger charge is 2.34. The molecule has 2 aliphatic rings. The summed E-state index contributed by atoms with van der Waals surface area (Å²) in [5.74, 6) is 0. The molecule has 0 radical (unpaired) electrons. The largest absolute Gasteiger partial charge is 0.312 e. The molecule has 20 heavy (non-hydrogen) atoms. The maximum absolute atomic E-state index is 3.84. The van der Waals surface area contributed by atoms with E-state index in [4.69, 9.17) is 0 Å². The van der Waals surface area contributed by atoms with E-state index in [0.717, 1.165) is 12.1 Å². The first kappa shape index (κ1) is 16.3. The molecule has 1 heterocycles. The molecule has 2 rings (SSSR count). The highest BCUT2D eigenvalue weighted by Crippen LogP contribution is 2.26. The molecule has 0 bridgehead atoms. The summed E-state index contributed by atoms with van der Waals surface area (Å²) in [7, 11) is 2.28. The van der Waals surface area contributed by atoms with Gasteiger partial charge in [-0.05, 0) is 46.7 Å². The van der Waals surface area contributed by atoms with Crippen molar-refractivity contribution in [2.45, 2.75) is 83.5 Å². The number of piperazine rings is 1. The second-order valence-electron chi connectivity index (χ2n) is 7.08. The second-order valence-corrected chi connectivity index (χ2v) is 7.08. The Morgan fingerprint density at radius 2 is 1.65 bits per heavy atom. The maximum Gasteiger partial charge on any atom is 0.0250 e. The lowest BCUT2D eigenvalue weighted by Gasteiger charge is -2.47. The van der Waals surface area contributed by atoms with Crippen LogP contribution in [0.25, 0.3) is 0 Å². The number of rotatable bonds is 4. The maximum atomic E-state index is 3.84. The topological polar surface area (TPSA) is 18.5 Å². The summed E-state index contributed by atoms with van der Waals surface area (Å²) in [5.41, 5.74) is 0. The van der Waals surface area contributed by atoms with Crippen LogP contribution in [0.5, 0.6) is 0 Å². The average Bonchev–Trinajstić information content (AvgIpc) is 2.67. The van der Waals surface area contributed by atoms with Gasteiger partial charge in [-0.15, -0.1) is 0 Å². The molecule has 0 spiro atoms. The van der Waals surface area contributed by atoms with Gasteiger partial charge in [-0.3, -0.25) is 9.80 Å². The fraction of sp³-hybridized carbons (Fsp3) is 1.00. The Balaban J connectivity index is 2.01. The van der Waals surface area contributed by atoms with Crippen molar-refractivity contribution >= 4 is 0 Å². The Bertz CT molecular complexity index is 269. The molecule has 1 saturated heterocycles. The molecule has 0 aromatic heterocycles. The molecule has 4 unspecified atom stereocenters. The Labute approximate surface area is 126 Å². The van der Waals surface area contributed by atoms with Crippen LogP contribution < -0.4 is 5.32 Å². The van der Waals surface area contributed by atoms with Gasteiger partial charge < -0.3 is 5.32 Å². The van der Waals surface area contributed by atoms with E-state index >= 15 is 0 Å². The summed E-state index contributed by atoms with van der Waals surface area (Å²) < 4.78 is 0. The zero-order valence-corrected chi connectivity index (χ0v) is 14.1. The summed E-state index contributed by atoms with van der Waals surface area (Å²) in [6, 6.07) is 2.87. The molecule has 2 fully saturated rings. The zero-order valence-electron chi connectivity index (χ0n) is 14.1. The minimum Gasteiger partial charge on any atom is -0.312 e. The van der Waals surface area contributed by atoms with Crippen LogP contribution in [0.4, 0.5) is 0 Å². The van der Waals surface area contributed by atoms with Gasteiger partial charge in [0.15, 0.2) is 0 Å². The van der Waals surface area contributed by atoms with Gasteiger partial charge in [0.2, 0.25) is 0 Å². The van der Waals surface area contributed by atoms with Gasteiger partial charge in [0.25, 0.3) is 0 Å². The second kappa shape index (κ2) is 7.77. The van der Waals surface area contributed by atoms with Crippen LogP contribution in [-0.2, 0) is 0 Å². The van der Waals surface area contributed by atoms with Crippen molar-refractivity contribution in [3.05, 3.63) is 0 Å². The third kappa shape index (κ3) is 3.96. The van der Waals surface area contributed by atoms with Crippen molar-refractivity contribution in [2.75, 3.05) is 26.7 Å². The normalized spacial score (nSPS) is 37.8. The van der Waals surface area contributed by atoms with E-state index in [-0.39, 0.29) is 0 Å². The van der Waals surface area contributed by atoms with E-state index in [1.165, 1.54) is 58.2 Å². The van der Waals surface area contributed by atoms with Gasteiger partial charge in [-0.2, -0.15) is 0 Å². The summed E-state index contributed by atoms with van der Waals surface area (Å²) in [6.45, 7) is 10.7. The number of hydrogen-bond acceptors (Lipinski definition) is 3. The van der Waals surface area contributed by atoms with Crippen LogP contribution in [0, 0.1) is 0 Å². The smallest absolute Gasteiger partial charge is 0.0250 e. The molecule has 0 aromatic rings. The van der Waals surface area contributed by atoms with Gasteiger partial charge in [0.05, 0.1) is 0 Å². The van der Waals surface area contributed by atoms with E-state index in [2.05, 4.69) is 42.9 Å². The fourth-order valence-corrected chi connectivity index (χ4v) is 4.01. The summed E-state index contributed by atoms with van der Waals surface area (Å²) in [5, 5.41) is 3.84. The third-order valence-corrected chi connectivity index (χ3v) is 5.49. The lowest BCUT2D eigenvalue weighted by Crippen LogP contribution is -2.61. The van der Waals surface area contributed by atoms with Crippen LogP contribution in [0.2, 0.25) is 0 Å². The zero-order chi connectivity index (χ0) is 14.5. The predicted octanol–water partition coefficient (Wildman–Crippen LogP) is 2.71. The fourth-order valence-electron chi connectivity index (χ4n) is 4.01. The lowest BCUT2D eigenvalue weighted by molar-refractivity contribution is 0.0205. The summed E-state index contributed by atoms with van der Waals surface area (Å²) in [4.78, 5) is 5.34. The van der Waals surface area contributed by atoms with Crippen LogP contribution in [-0.4, -0.2) is 60.6 Å². The lowest BCUT2D eigenvalue weighted by atomic mass is 9.97. The Morgan fingerprint density at radius 1 is 1.00 bits per heavy atom. The van der Waals surface area contributed by atoms with Gasteiger partial charge in [0, 0.05) is 37.3 Å². The van der Waals surface area contributed by atoms with Crippen molar-refractivity contribution in [3.8, 4) is 0 Å². The molecule has 3 nitrogen and oxygen atoms in total. The van der Waals surface area contributed by atoms with Gasteiger partial charge >= 0.3 is 0 Å². The highest BCUT2D eigenvalue weighted by atomic mass is 15.3. The number of hydrogen-bond donors (Lipinski definition) is 1. The molecular formula is C17H35N3. The summed E-state index contributed by atoms with van der Waals surface area (Å²) in [6.07, 6.45) is 8.28. The number of nitrogens with zero attached hydrogens (tertiary/aromatic N) is 2. The highest BCUT2D eigenvalue weighted by molar-refractivity contribution is 4.92. The van der Waals surface area contributed by atoms with Crippen LogP contribution in [0.1, 0.15) is 59.3 Å². The van der Waals surface area contributed by atoms with Crippen LogP contribution in [0.3, 0.4) is 0 Å². The predicted molar refractivity (Wildman–Crippen MR) is 87.2 cm³/mol. The van der Waals surface area contributed by atoms with E-state index in [1.807, 2.05) is 0 Å². The molecule has 4 atom stereocenters. The minimum atomic E-state index is 0.689. The molecule has 0 amide bonds. The van der Waals surface area contributed by atoms with Crippen molar-refractivity contribution < 1.29 is 0 Å². The molecular weight excluding hydrogens is 246 g/mol. The standard InChI is InChI=1S/C17H35N3/c1-5-11-18-16-9-7-6-8-10-17(16)20-12-14(2)19(4)15(3)13-20/h14-18H,5-13H2,1-4H3. The third-order valence-electron chi connectivity index (χ3n) is 5.49. The average molecular weight is 281 g/mol. The summed E-state index contributed by atoms with van der Waals surface area (Å²) >= 11 is 0. The first-order chi connectivity index (χ1) is 9.63. The molecule has 1 aliphatic heterocycles. The van der Waals surface area contributed by atoms with E-state index in [1.54, 1.807) is 0 Å². The van der Waals surface area contributed by atoms with Gasteiger partial charge in [0.1, 0.15) is 0 Å². The first-order valence-electron chi connectivity index (χ1n) is 8.82. The van der Waals surface area contributed by atoms with Crippen molar-refractivity contribution in [3.63, 3.8) is 0 Å². The number of nitrogens with one attached hydrogen (secondary N) is 1. The molecule has 118 valence electrons. The van der Waals surface area contributed by atoms with Crippen molar-refractivity contribution in [1.29, 1.82) is 0 Å². The molecule has 1 N–H and O–H groups in total.